The zero-order chi connectivity index (χ0) is 17.7. The Morgan fingerprint density at radius 1 is 0.958 bits per heavy atom. The van der Waals surface area contributed by atoms with Crippen molar-refractivity contribution in [2.75, 3.05) is 0 Å². The Balaban J connectivity index is 2.04. The third-order valence-corrected chi connectivity index (χ3v) is 4.19. The number of carbonyl (C=O) groups excluding carboxylic acids is 1. The molecule has 0 atom stereocenters. The number of ether oxygens (including phenoxy) is 2. The maximum Gasteiger partial charge on any atom is 0.343 e. The fraction of sp³-hybridized carbons (Fsp3) is 0.381. The lowest BCUT2D eigenvalue weighted by Crippen LogP contribution is -2.15. The monoisotopic (exact) mass is 326 g/mol. The summed E-state index contributed by atoms with van der Waals surface area (Å²) in [6, 6.07) is 14.7. The summed E-state index contributed by atoms with van der Waals surface area (Å²) < 4.78 is 11.0. The molecule has 2 aromatic rings. The van der Waals surface area contributed by atoms with Crippen LogP contribution in [-0.4, -0.2) is 12.1 Å². The Morgan fingerprint density at radius 2 is 1.50 bits per heavy atom. The van der Waals surface area contributed by atoms with E-state index in [4.69, 9.17) is 9.47 Å². The van der Waals surface area contributed by atoms with E-state index in [9.17, 15) is 4.79 Å². The fourth-order valence-electron chi connectivity index (χ4n) is 2.29. The second kappa shape index (κ2) is 7.52. The highest BCUT2D eigenvalue weighted by Crippen LogP contribution is 2.28. The van der Waals surface area contributed by atoms with Gasteiger partial charge in [0.05, 0.1) is 11.7 Å². The Kier molecular flexibility index (Phi) is 5.66. The standard InChI is InChI=1S/C21H26O3/c1-6-21(4,5)17-9-13-19(14-10-17)24-20(22)16-7-11-18(12-8-16)23-15(2)3/h7-15H,6H2,1-5H3. The van der Waals surface area contributed by atoms with Crippen LogP contribution in [0.4, 0.5) is 0 Å². The summed E-state index contributed by atoms with van der Waals surface area (Å²) in [6.07, 6.45) is 1.16. The van der Waals surface area contributed by atoms with Crippen molar-refractivity contribution in [3.05, 3.63) is 59.7 Å². The molecule has 0 aliphatic rings. The highest BCUT2D eigenvalue weighted by atomic mass is 16.5. The Bertz CT molecular complexity index is 667. The average molecular weight is 326 g/mol. The first-order valence-electron chi connectivity index (χ1n) is 8.41. The lowest BCUT2D eigenvalue weighted by atomic mass is 9.82. The second-order valence-electron chi connectivity index (χ2n) is 6.84. The van der Waals surface area contributed by atoms with Crippen molar-refractivity contribution in [3.63, 3.8) is 0 Å². The molecule has 0 N–H and O–H groups in total. The van der Waals surface area contributed by atoms with Crippen LogP contribution in [-0.2, 0) is 5.41 Å². The van der Waals surface area contributed by atoms with E-state index in [1.807, 2.05) is 38.1 Å². The van der Waals surface area contributed by atoms with Gasteiger partial charge in [-0.2, -0.15) is 0 Å². The summed E-state index contributed by atoms with van der Waals surface area (Å²) in [5.74, 6) is 0.930. The van der Waals surface area contributed by atoms with Crippen LogP contribution in [0, 0.1) is 0 Å². The molecule has 0 saturated carbocycles. The topological polar surface area (TPSA) is 35.5 Å². The van der Waals surface area contributed by atoms with Crippen LogP contribution in [0.5, 0.6) is 11.5 Å². The van der Waals surface area contributed by atoms with Gasteiger partial charge in [-0.1, -0.05) is 32.9 Å². The predicted molar refractivity (Wildman–Crippen MR) is 96.9 cm³/mol. The molecule has 0 aliphatic carbocycles. The van der Waals surface area contributed by atoms with Gasteiger partial charge >= 0.3 is 5.97 Å². The summed E-state index contributed by atoms with van der Waals surface area (Å²) in [5, 5.41) is 0. The number of carbonyl (C=O) groups is 1. The van der Waals surface area contributed by atoms with E-state index < -0.39 is 0 Å². The van der Waals surface area contributed by atoms with Gasteiger partial charge in [0.15, 0.2) is 0 Å². The minimum Gasteiger partial charge on any atom is -0.491 e. The number of rotatable bonds is 6. The molecule has 0 aromatic heterocycles. The van der Waals surface area contributed by atoms with E-state index in [1.165, 1.54) is 5.56 Å². The maximum absolute atomic E-state index is 12.2. The van der Waals surface area contributed by atoms with Crippen LogP contribution < -0.4 is 9.47 Å². The van der Waals surface area contributed by atoms with Crippen LogP contribution in [0.3, 0.4) is 0 Å². The van der Waals surface area contributed by atoms with Crippen LogP contribution in [0.25, 0.3) is 0 Å². The van der Waals surface area contributed by atoms with Crippen LogP contribution in [0.1, 0.15) is 57.0 Å². The molecule has 128 valence electrons. The van der Waals surface area contributed by atoms with E-state index in [0.717, 1.165) is 12.2 Å². The lowest BCUT2D eigenvalue weighted by Gasteiger charge is -2.23. The van der Waals surface area contributed by atoms with Gasteiger partial charge in [-0.25, -0.2) is 4.79 Å². The third kappa shape index (κ3) is 4.60. The van der Waals surface area contributed by atoms with Gasteiger partial charge in [0.2, 0.25) is 0 Å². The Hall–Kier alpha value is -2.29. The molecule has 0 radical (unpaired) electrons. The van der Waals surface area contributed by atoms with Gasteiger partial charge in [-0.05, 0) is 67.6 Å². The highest BCUT2D eigenvalue weighted by Gasteiger charge is 2.18. The molecule has 0 aliphatic heterocycles. The molecule has 0 amide bonds. The summed E-state index contributed by atoms with van der Waals surface area (Å²) >= 11 is 0. The molecular formula is C21H26O3. The fourth-order valence-corrected chi connectivity index (χ4v) is 2.29. The molecule has 0 heterocycles. The van der Waals surface area contributed by atoms with Crippen molar-refractivity contribution in [1.29, 1.82) is 0 Å². The summed E-state index contributed by atoms with van der Waals surface area (Å²) in [7, 11) is 0. The van der Waals surface area contributed by atoms with E-state index >= 15 is 0 Å². The molecule has 2 aromatic carbocycles. The quantitative estimate of drug-likeness (QED) is 0.528. The SMILES string of the molecule is CCC(C)(C)c1ccc(OC(=O)c2ccc(OC(C)C)cc2)cc1. The smallest absolute Gasteiger partial charge is 0.343 e. The number of hydrogen-bond acceptors (Lipinski definition) is 3. The Morgan fingerprint density at radius 3 is 2.00 bits per heavy atom. The predicted octanol–water partition coefficient (Wildman–Crippen LogP) is 5.38. The number of hydrogen-bond donors (Lipinski definition) is 0. The molecule has 0 bridgehead atoms. The summed E-state index contributed by atoms with van der Waals surface area (Å²) in [4.78, 5) is 12.2. The number of esters is 1. The largest absolute Gasteiger partial charge is 0.491 e. The van der Waals surface area contributed by atoms with E-state index in [1.54, 1.807) is 24.3 Å². The van der Waals surface area contributed by atoms with Gasteiger partial charge in [-0.15, -0.1) is 0 Å². The average Bonchev–Trinajstić information content (AvgIpc) is 2.55. The van der Waals surface area contributed by atoms with Crippen molar-refractivity contribution in [3.8, 4) is 11.5 Å². The van der Waals surface area contributed by atoms with Gasteiger partial charge in [0.1, 0.15) is 11.5 Å². The van der Waals surface area contributed by atoms with Crippen LogP contribution >= 0.6 is 0 Å². The lowest BCUT2D eigenvalue weighted by molar-refractivity contribution is 0.0734. The van der Waals surface area contributed by atoms with E-state index in [0.29, 0.717) is 11.3 Å². The van der Waals surface area contributed by atoms with Crippen molar-refractivity contribution in [1.82, 2.24) is 0 Å². The zero-order valence-corrected chi connectivity index (χ0v) is 15.1. The molecular weight excluding hydrogens is 300 g/mol. The third-order valence-electron chi connectivity index (χ3n) is 4.19. The molecule has 3 nitrogen and oxygen atoms in total. The molecule has 0 spiro atoms. The second-order valence-corrected chi connectivity index (χ2v) is 6.84. The van der Waals surface area contributed by atoms with E-state index in [2.05, 4.69) is 20.8 Å². The van der Waals surface area contributed by atoms with Gasteiger partial charge < -0.3 is 9.47 Å². The molecule has 2 rings (SSSR count). The first kappa shape index (κ1) is 18.1. The normalized spacial score (nSPS) is 11.4. The highest BCUT2D eigenvalue weighted by molar-refractivity contribution is 5.91. The number of benzene rings is 2. The summed E-state index contributed by atoms with van der Waals surface area (Å²) in [5.41, 5.74) is 1.86. The van der Waals surface area contributed by atoms with Crippen molar-refractivity contribution < 1.29 is 14.3 Å². The molecule has 0 saturated heterocycles. The molecule has 3 heteroatoms. The minimum atomic E-state index is -0.367. The Labute approximate surface area is 144 Å². The van der Waals surface area contributed by atoms with Crippen LogP contribution in [0.15, 0.2) is 48.5 Å². The molecule has 0 unspecified atom stereocenters. The van der Waals surface area contributed by atoms with Crippen molar-refractivity contribution in [2.45, 2.75) is 52.6 Å². The first-order chi connectivity index (χ1) is 11.3. The molecule has 0 fully saturated rings. The molecule has 24 heavy (non-hydrogen) atoms. The zero-order valence-electron chi connectivity index (χ0n) is 15.1. The van der Waals surface area contributed by atoms with Gasteiger partial charge in [0.25, 0.3) is 0 Å². The minimum absolute atomic E-state index is 0.105. The van der Waals surface area contributed by atoms with E-state index in [-0.39, 0.29) is 17.5 Å². The maximum atomic E-state index is 12.2. The van der Waals surface area contributed by atoms with Gasteiger partial charge in [-0.3, -0.25) is 0 Å². The summed E-state index contributed by atoms with van der Waals surface area (Å²) in [6.45, 7) is 10.5. The van der Waals surface area contributed by atoms with Crippen LogP contribution in [0.2, 0.25) is 0 Å². The van der Waals surface area contributed by atoms with Crippen molar-refractivity contribution in [2.24, 2.45) is 0 Å². The van der Waals surface area contributed by atoms with Crippen molar-refractivity contribution >= 4 is 5.97 Å². The van der Waals surface area contributed by atoms with Gasteiger partial charge in [0, 0.05) is 0 Å². The first-order valence-corrected chi connectivity index (χ1v) is 8.41.